The Morgan fingerprint density at radius 1 is 1.33 bits per heavy atom. The van der Waals surface area contributed by atoms with E-state index >= 15 is 0 Å². The van der Waals surface area contributed by atoms with Gasteiger partial charge in [-0.3, -0.25) is 0 Å². The number of nitrogens with one attached hydrogen (secondary N) is 1. The van der Waals surface area contributed by atoms with Crippen molar-refractivity contribution >= 4 is 15.5 Å². The van der Waals surface area contributed by atoms with Crippen LogP contribution in [0.15, 0.2) is 18.2 Å². The van der Waals surface area contributed by atoms with Gasteiger partial charge in [0.25, 0.3) is 0 Å². The van der Waals surface area contributed by atoms with Gasteiger partial charge in [-0.25, -0.2) is 12.8 Å². The van der Waals surface area contributed by atoms with E-state index in [1.54, 1.807) is 6.07 Å². The van der Waals surface area contributed by atoms with E-state index in [1.807, 2.05) is 0 Å². The quantitative estimate of drug-likeness (QED) is 0.795. The maximum Gasteiger partial charge on any atom is 0.147 e. The molecule has 0 radical (unpaired) electrons. The lowest BCUT2D eigenvalue weighted by Gasteiger charge is -2.30. The molecule has 0 spiro atoms. The number of anilines is 1. The van der Waals surface area contributed by atoms with Crippen molar-refractivity contribution in [2.24, 2.45) is 0 Å². The summed E-state index contributed by atoms with van der Waals surface area (Å²) < 4.78 is 41.3. The molecule has 0 unspecified atom stereocenters. The second-order valence-electron chi connectivity index (χ2n) is 5.18. The zero-order valence-electron chi connectivity index (χ0n) is 12.1. The minimum absolute atomic E-state index is 0.0944. The summed E-state index contributed by atoms with van der Waals surface area (Å²) in [5, 5.41) is 3.24. The highest BCUT2D eigenvalue weighted by atomic mass is 32.2. The predicted molar refractivity (Wildman–Crippen MR) is 81.3 cm³/mol. The highest BCUT2D eigenvalue weighted by molar-refractivity contribution is 7.90. The number of rotatable bonds is 6. The molecule has 21 heavy (non-hydrogen) atoms. The summed E-state index contributed by atoms with van der Waals surface area (Å²) in [7, 11) is -2.97. The van der Waals surface area contributed by atoms with Gasteiger partial charge >= 0.3 is 0 Å². The van der Waals surface area contributed by atoms with Crippen LogP contribution in [0.3, 0.4) is 0 Å². The molecule has 0 aliphatic carbocycles. The van der Waals surface area contributed by atoms with E-state index in [0.29, 0.717) is 18.8 Å². The fraction of sp³-hybridized carbons (Fsp3) is 0.571. The van der Waals surface area contributed by atoms with E-state index in [2.05, 4.69) is 10.2 Å². The van der Waals surface area contributed by atoms with Crippen LogP contribution in [0.1, 0.15) is 6.42 Å². The topological polar surface area (TPSA) is 58.6 Å². The molecule has 5 nitrogen and oxygen atoms in total. The number of halogens is 1. The Bertz CT molecular complexity index is 572. The molecule has 1 N–H and O–H groups in total. The molecule has 0 atom stereocenters. The molecule has 0 saturated carbocycles. The lowest BCUT2D eigenvalue weighted by Crippen LogP contribution is -2.43. The van der Waals surface area contributed by atoms with Crippen LogP contribution in [-0.4, -0.2) is 53.2 Å². The number of piperazine rings is 1. The summed E-state index contributed by atoms with van der Waals surface area (Å²) >= 11 is 0. The van der Waals surface area contributed by atoms with Crippen molar-refractivity contribution in [2.45, 2.75) is 6.42 Å². The third-order valence-corrected chi connectivity index (χ3v) is 4.33. The van der Waals surface area contributed by atoms with Gasteiger partial charge in [0.15, 0.2) is 0 Å². The van der Waals surface area contributed by atoms with Gasteiger partial charge in [-0.1, -0.05) is 0 Å². The molecular weight excluding hydrogens is 295 g/mol. The standard InChI is InChI=1S/C14H21FN2O3S/c1-21(18,19)10-2-9-20-14-4-3-12(15)11-13(14)17-7-5-16-6-8-17/h3-4,11,16H,2,5-10H2,1H3. The third-order valence-electron chi connectivity index (χ3n) is 3.30. The maximum atomic E-state index is 13.5. The number of sulfone groups is 1. The molecule has 7 heteroatoms. The molecular formula is C14H21FN2O3S. The van der Waals surface area contributed by atoms with Crippen LogP contribution in [0.2, 0.25) is 0 Å². The van der Waals surface area contributed by atoms with Crippen LogP contribution in [0.4, 0.5) is 10.1 Å². The normalized spacial score (nSPS) is 16.0. The third kappa shape index (κ3) is 5.17. The Morgan fingerprint density at radius 3 is 2.71 bits per heavy atom. The van der Waals surface area contributed by atoms with Crippen molar-refractivity contribution in [1.29, 1.82) is 0 Å². The lowest BCUT2D eigenvalue weighted by atomic mass is 10.2. The van der Waals surface area contributed by atoms with Gasteiger partial charge in [-0.05, 0) is 18.6 Å². The maximum absolute atomic E-state index is 13.5. The van der Waals surface area contributed by atoms with Crippen molar-refractivity contribution in [3.8, 4) is 5.75 Å². The van der Waals surface area contributed by atoms with Gasteiger partial charge < -0.3 is 15.0 Å². The average Bonchev–Trinajstić information content (AvgIpc) is 2.45. The van der Waals surface area contributed by atoms with Gasteiger partial charge in [-0.2, -0.15) is 0 Å². The summed E-state index contributed by atoms with van der Waals surface area (Å²) in [6, 6.07) is 4.43. The van der Waals surface area contributed by atoms with Crippen LogP contribution >= 0.6 is 0 Å². The van der Waals surface area contributed by atoms with Gasteiger partial charge in [0.2, 0.25) is 0 Å². The van der Waals surface area contributed by atoms with E-state index < -0.39 is 9.84 Å². The number of hydrogen-bond acceptors (Lipinski definition) is 5. The smallest absolute Gasteiger partial charge is 0.147 e. The second-order valence-corrected chi connectivity index (χ2v) is 7.44. The molecule has 0 aromatic heterocycles. The summed E-state index contributed by atoms with van der Waals surface area (Å²) in [5.74, 6) is 0.399. The first-order valence-electron chi connectivity index (χ1n) is 7.01. The SMILES string of the molecule is CS(=O)(=O)CCCOc1ccc(F)cc1N1CCNCC1. The Morgan fingerprint density at radius 2 is 2.05 bits per heavy atom. The van der Waals surface area contributed by atoms with Crippen molar-refractivity contribution in [2.75, 3.05) is 49.7 Å². The first-order chi connectivity index (χ1) is 9.96. The van der Waals surface area contributed by atoms with Gasteiger partial charge in [0.05, 0.1) is 18.0 Å². The largest absolute Gasteiger partial charge is 0.491 e. The molecule has 1 fully saturated rings. The Labute approximate surface area is 125 Å². The van der Waals surface area contributed by atoms with E-state index in [4.69, 9.17) is 4.74 Å². The Kier molecular flexibility index (Phi) is 5.41. The molecule has 1 aliphatic heterocycles. The number of benzene rings is 1. The number of nitrogens with zero attached hydrogens (tertiary/aromatic N) is 1. The molecule has 0 bridgehead atoms. The predicted octanol–water partition coefficient (Wildman–Crippen LogP) is 1.05. The molecule has 1 heterocycles. The summed E-state index contributed by atoms with van der Waals surface area (Å²) in [4.78, 5) is 2.07. The van der Waals surface area contributed by atoms with Crippen molar-refractivity contribution in [3.05, 3.63) is 24.0 Å². The fourth-order valence-corrected chi connectivity index (χ4v) is 2.91. The molecule has 0 amide bonds. The lowest BCUT2D eigenvalue weighted by molar-refractivity contribution is 0.317. The summed E-state index contributed by atoms with van der Waals surface area (Å²) in [6.45, 7) is 3.60. The van der Waals surface area contributed by atoms with Crippen LogP contribution < -0.4 is 15.0 Å². The zero-order chi connectivity index (χ0) is 15.3. The summed E-state index contributed by atoms with van der Waals surface area (Å²) in [5.41, 5.74) is 0.732. The van der Waals surface area contributed by atoms with E-state index in [0.717, 1.165) is 31.9 Å². The van der Waals surface area contributed by atoms with Crippen molar-refractivity contribution < 1.29 is 17.5 Å². The molecule has 1 aromatic carbocycles. The number of ether oxygens (including phenoxy) is 1. The zero-order valence-corrected chi connectivity index (χ0v) is 13.0. The van der Waals surface area contributed by atoms with Crippen LogP contribution in [0.25, 0.3) is 0 Å². The Hall–Kier alpha value is -1.34. The highest BCUT2D eigenvalue weighted by Crippen LogP contribution is 2.29. The van der Waals surface area contributed by atoms with Gasteiger partial charge in [0.1, 0.15) is 21.4 Å². The molecule has 1 saturated heterocycles. The average molecular weight is 316 g/mol. The molecule has 118 valence electrons. The number of hydrogen-bond donors (Lipinski definition) is 1. The first-order valence-corrected chi connectivity index (χ1v) is 9.07. The Balaban J connectivity index is 2.01. The van der Waals surface area contributed by atoms with Crippen LogP contribution in [0.5, 0.6) is 5.75 Å². The van der Waals surface area contributed by atoms with Crippen molar-refractivity contribution in [1.82, 2.24) is 5.32 Å². The van der Waals surface area contributed by atoms with Crippen molar-refractivity contribution in [3.63, 3.8) is 0 Å². The second kappa shape index (κ2) is 7.09. The molecule has 1 aliphatic rings. The van der Waals surface area contributed by atoms with Gasteiger partial charge in [-0.15, -0.1) is 0 Å². The first kappa shape index (κ1) is 16.0. The van der Waals surface area contributed by atoms with Crippen LogP contribution in [0, 0.1) is 5.82 Å². The highest BCUT2D eigenvalue weighted by Gasteiger charge is 2.16. The monoisotopic (exact) mass is 316 g/mol. The minimum Gasteiger partial charge on any atom is -0.491 e. The molecule has 1 aromatic rings. The molecule has 2 rings (SSSR count). The van der Waals surface area contributed by atoms with Crippen LogP contribution in [-0.2, 0) is 9.84 Å². The van der Waals surface area contributed by atoms with Gasteiger partial charge in [0, 0.05) is 38.5 Å². The fourth-order valence-electron chi connectivity index (χ4n) is 2.27. The minimum atomic E-state index is -2.97. The van der Waals surface area contributed by atoms with E-state index in [1.165, 1.54) is 18.4 Å². The van der Waals surface area contributed by atoms with E-state index in [9.17, 15) is 12.8 Å². The summed E-state index contributed by atoms with van der Waals surface area (Å²) in [6.07, 6.45) is 1.63. The van der Waals surface area contributed by atoms with E-state index in [-0.39, 0.29) is 11.6 Å².